The van der Waals surface area contributed by atoms with E-state index in [0.717, 1.165) is 16.8 Å². The third kappa shape index (κ3) is 1.88. The fourth-order valence-electron chi connectivity index (χ4n) is 3.37. The number of carbonyl (C=O) groups is 2. The van der Waals surface area contributed by atoms with Gasteiger partial charge in [0.05, 0.1) is 20.1 Å². The molecule has 0 radical (unpaired) electrons. The summed E-state index contributed by atoms with van der Waals surface area (Å²) in [4.78, 5) is 24.6. The van der Waals surface area contributed by atoms with Crippen LogP contribution in [0.4, 0.5) is 0 Å². The first-order valence-corrected chi connectivity index (χ1v) is 7.91. The largest absolute Gasteiger partial charge is 0.479 e. The lowest BCUT2D eigenvalue weighted by Crippen LogP contribution is -2.79. The Bertz CT molecular complexity index is 501. The number of carboxylic acids is 1. The Hall–Kier alpha value is -1.05. The summed E-state index contributed by atoms with van der Waals surface area (Å²) in [5.74, 6) is -0.968. The van der Waals surface area contributed by atoms with Crippen molar-refractivity contribution < 1.29 is 19.2 Å². The molecule has 0 aliphatic carbocycles. The molecule has 2 saturated heterocycles. The molecule has 0 spiro atoms. The van der Waals surface area contributed by atoms with Crippen molar-refractivity contribution in [2.45, 2.75) is 23.8 Å². The van der Waals surface area contributed by atoms with E-state index < -0.39 is 22.8 Å². The number of hydrogen-bond donors (Lipinski definition) is 2. The van der Waals surface area contributed by atoms with Crippen LogP contribution in [0.15, 0.2) is 11.8 Å². The topological polar surface area (TPSA) is 83.6 Å². The van der Waals surface area contributed by atoms with Crippen molar-refractivity contribution in [1.29, 1.82) is 0 Å². The van der Waals surface area contributed by atoms with Gasteiger partial charge in [-0.1, -0.05) is 0 Å². The number of thioether (sulfide) groups is 1. The third-order valence-electron chi connectivity index (χ3n) is 4.56. The molecule has 3 aliphatic rings. The second-order valence-corrected chi connectivity index (χ2v) is 7.34. The first-order chi connectivity index (χ1) is 9.37. The zero-order valence-corrected chi connectivity index (χ0v) is 12.4. The second-order valence-electron chi connectivity index (χ2n) is 6.27. The summed E-state index contributed by atoms with van der Waals surface area (Å²) >= 11 is 1.46. The molecule has 20 heavy (non-hydrogen) atoms. The summed E-state index contributed by atoms with van der Waals surface area (Å²) in [6.45, 7) is 3.29. The van der Waals surface area contributed by atoms with Crippen molar-refractivity contribution in [2.75, 3.05) is 32.4 Å². The van der Waals surface area contributed by atoms with Crippen LogP contribution in [0.2, 0.25) is 0 Å². The van der Waals surface area contributed by atoms with E-state index in [0.29, 0.717) is 0 Å². The van der Waals surface area contributed by atoms with E-state index in [1.54, 1.807) is 0 Å². The second kappa shape index (κ2) is 4.47. The van der Waals surface area contributed by atoms with Crippen molar-refractivity contribution >= 4 is 23.6 Å². The maximum absolute atomic E-state index is 12.0. The van der Waals surface area contributed by atoms with Crippen LogP contribution in [0, 0.1) is 0 Å². The number of β-lactam (4-membered cyclic amide) rings is 1. The Morgan fingerprint density at radius 2 is 2.25 bits per heavy atom. The number of likely N-dealkylation sites (N-methyl/N-ethyl adjacent to an activating group) is 1. The van der Waals surface area contributed by atoms with Crippen LogP contribution in [0.5, 0.6) is 0 Å². The molecule has 7 heteroatoms. The molecule has 6 nitrogen and oxygen atoms in total. The molecule has 0 bridgehead atoms. The molecule has 2 atom stereocenters. The van der Waals surface area contributed by atoms with Crippen LogP contribution < -0.4 is 5.73 Å². The monoisotopic (exact) mass is 298 g/mol. The van der Waals surface area contributed by atoms with Gasteiger partial charge in [-0.3, -0.25) is 4.79 Å². The van der Waals surface area contributed by atoms with Gasteiger partial charge in [0, 0.05) is 30.4 Å². The van der Waals surface area contributed by atoms with E-state index >= 15 is 0 Å². The fourth-order valence-corrected chi connectivity index (χ4v) is 4.69. The average molecular weight is 298 g/mol. The lowest BCUT2D eigenvalue weighted by Gasteiger charge is -2.51. The fraction of sp³-hybridized carbons (Fsp3) is 0.692. The van der Waals surface area contributed by atoms with E-state index in [4.69, 9.17) is 10.8 Å². The third-order valence-corrected chi connectivity index (χ3v) is 6.02. The Labute approximate surface area is 122 Å². The molecule has 0 saturated carbocycles. The normalized spacial score (nSPS) is 35.3. The minimum atomic E-state index is -1.74. The molecule has 3 heterocycles. The zero-order chi connectivity index (χ0) is 14.5. The van der Waals surface area contributed by atoms with Crippen LogP contribution in [-0.2, 0) is 9.59 Å². The molecule has 110 valence electrons. The molecular weight excluding hydrogens is 278 g/mol. The maximum Gasteiger partial charge on any atom is 0.336 e. The first kappa shape index (κ1) is 13.9. The molecule has 2 fully saturated rings. The van der Waals surface area contributed by atoms with Crippen LogP contribution in [-0.4, -0.2) is 69.7 Å². The molecule has 0 aromatic heterocycles. The number of hydrogen-bond acceptors (Lipinski definition) is 4. The Kier molecular flexibility index (Phi) is 3.11. The Morgan fingerprint density at radius 3 is 2.85 bits per heavy atom. The van der Waals surface area contributed by atoms with Crippen molar-refractivity contribution in [2.24, 2.45) is 5.73 Å². The molecule has 0 aromatic carbocycles. The van der Waals surface area contributed by atoms with Gasteiger partial charge >= 0.3 is 5.97 Å². The molecular formula is C13H20N3O3S+. The van der Waals surface area contributed by atoms with Crippen LogP contribution in [0.1, 0.15) is 12.8 Å². The number of quaternary nitrogens is 1. The standard InChI is InChI=1S/C13H19N3O3S/c1-16(4-2-3-5-16)7-9-6-15-10(17)13(14,12(18)19)11(15)20-8-9/h6,11H,2-5,7-8,14H2,1H3/p+1/t11-,13?/m0/s1. The number of aliphatic carboxylic acids is 1. The van der Waals surface area contributed by atoms with Crippen molar-refractivity contribution in [1.82, 2.24) is 4.90 Å². The van der Waals surface area contributed by atoms with Gasteiger partial charge in [-0.15, -0.1) is 11.8 Å². The van der Waals surface area contributed by atoms with Gasteiger partial charge in [-0.05, 0) is 0 Å². The number of likely N-dealkylation sites (tertiary alicyclic amines) is 1. The molecule has 1 amide bonds. The lowest BCUT2D eigenvalue weighted by molar-refractivity contribution is -0.893. The predicted octanol–water partition coefficient (Wildman–Crippen LogP) is -0.192. The van der Waals surface area contributed by atoms with Gasteiger partial charge < -0.3 is 20.2 Å². The minimum absolute atomic E-state index is 0.458. The Balaban J connectivity index is 1.74. The number of amides is 1. The van der Waals surface area contributed by atoms with Gasteiger partial charge in [-0.25, -0.2) is 4.79 Å². The first-order valence-electron chi connectivity index (χ1n) is 6.87. The quantitative estimate of drug-likeness (QED) is 0.428. The minimum Gasteiger partial charge on any atom is -0.479 e. The summed E-state index contributed by atoms with van der Waals surface area (Å²) < 4.78 is 1.02. The summed E-state index contributed by atoms with van der Waals surface area (Å²) in [6, 6.07) is 0. The summed E-state index contributed by atoms with van der Waals surface area (Å²) in [5.41, 5.74) is 5.20. The van der Waals surface area contributed by atoms with Crippen LogP contribution in [0.3, 0.4) is 0 Å². The van der Waals surface area contributed by atoms with E-state index in [9.17, 15) is 9.59 Å². The highest BCUT2D eigenvalue weighted by molar-refractivity contribution is 8.00. The lowest BCUT2D eigenvalue weighted by atomic mass is 9.89. The zero-order valence-electron chi connectivity index (χ0n) is 11.5. The van der Waals surface area contributed by atoms with E-state index in [-0.39, 0.29) is 0 Å². The summed E-state index contributed by atoms with van der Waals surface area (Å²) in [7, 11) is 2.24. The van der Waals surface area contributed by atoms with E-state index in [1.807, 2.05) is 6.20 Å². The Morgan fingerprint density at radius 1 is 1.60 bits per heavy atom. The number of rotatable bonds is 3. The number of fused-ring (bicyclic) bond motifs is 1. The highest BCUT2D eigenvalue weighted by atomic mass is 32.2. The SMILES string of the molecule is C[N+]1(CC2=CN3C(=O)C(N)(C(=O)O)[C@@H]3SC2)CCCC1. The number of nitrogens with zero attached hydrogens (tertiary/aromatic N) is 2. The van der Waals surface area contributed by atoms with Crippen LogP contribution >= 0.6 is 11.8 Å². The molecule has 3 N–H and O–H groups in total. The highest BCUT2D eigenvalue weighted by Gasteiger charge is 2.64. The molecule has 3 aliphatic heterocycles. The van der Waals surface area contributed by atoms with Crippen LogP contribution in [0.25, 0.3) is 0 Å². The van der Waals surface area contributed by atoms with Gasteiger partial charge in [-0.2, -0.15) is 0 Å². The van der Waals surface area contributed by atoms with E-state index in [1.165, 1.54) is 48.2 Å². The summed E-state index contributed by atoms with van der Waals surface area (Å²) in [5, 5.41) is 8.67. The van der Waals surface area contributed by atoms with Crippen molar-refractivity contribution in [3.05, 3.63) is 11.8 Å². The molecule has 3 rings (SSSR count). The molecule has 1 unspecified atom stereocenters. The summed E-state index contributed by atoms with van der Waals surface area (Å²) in [6.07, 6.45) is 4.35. The number of carbonyl (C=O) groups excluding carboxylic acids is 1. The highest BCUT2D eigenvalue weighted by Crippen LogP contribution is 2.42. The predicted molar refractivity (Wildman–Crippen MR) is 75.7 cm³/mol. The van der Waals surface area contributed by atoms with Gasteiger partial charge in [0.25, 0.3) is 5.91 Å². The van der Waals surface area contributed by atoms with Crippen molar-refractivity contribution in [3.63, 3.8) is 0 Å². The van der Waals surface area contributed by atoms with Gasteiger partial charge in [0.2, 0.25) is 5.54 Å². The smallest absolute Gasteiger partial charge is 0.336 e. The van der Waals surface area contributed by atoms with Gasteiger partial charge in [0.15, 0.2) is 0 Å². The average Bonchev–Trinajstić information content (AvgIpc) is 2.83. The van der Waals surface area contributed by atoms with Crippen molar-refractivity contribution in [3.8, 4) is 0 Å². The number of carboxylic acid groups (broad SMARTS) is 1. The van der Waals surface area contributed by atoms with Gasteiger partial charge in [0.1, 0.15) is 11.9 Å². The maximum atomic E-state index is 12.0. The molecule has 0 aromatic rings. The van der Waals surface area contributed by atoms with E-state index in [2.05, 4.69) is 7.05 Å². The number of nitrogens with two attached hydrogens (primary N) is 1.